The molecule has 0 aliphatic heterocycles. The topological polar surface area (TPSA) is 0 Å². The number of benzene rings is 3. The predicted octanol–water partition coefficient (Wildman–Crippen LogP) is 6.82. The first-order chi connectivity index (χ1) is 13.2. The van der Waals surface area contributed by atoms with Gasteiger partial charge in [-0.2, -0.15) is 0 Å². The number of rotatable bonds is 3. The van der Waals surface area contributed by atoms with Gasteiger partial charge in [-0.25, -0.2) is 10.0 Å². The third kappa shape index (κ3) is 2.75. The Kier molecular flexibility index (Phi) is 4.16. The first-order valence-corrected chi connectivity index (χ1v) is 12.7. The number of hydrogen-bond donors (Lipinski definition) is 0. The van der Waals surface area contributed by atoms with Crippen molar-refractivity contribution in [3.63, 3.8) is 0 Å². The molecule has 0 saturated carbocycles. The molecular formula is C26H28S. The highest BCUT2D eigenvalue weighted by Gasteiger charge is 2.45. The molecule has 0 radical (unpaired) electrons. The Balaban J connectivity index is 1.62. The summed E-state index contributed by atoms with van der Waals surface area (Å²) in [5.74, 6) is 0.612. The minimum atomic E-state index is -0.863. The Morgan fingerprint density at radius 2 is 1.33 bits per heavy atom. The van der Waals surface area contributed by atoms with Crippen molar-refractivity contribution in [2.24, 2.45) is 0 Å². The summed E-state index contributed by atoms with van der Waals surface area (Å²) < 4.78 is 0. The van der Waals surface area contributed by atoms with Gasteiger partial charge in [0.2, 0.25) is 0 Å². The Morgan fingerprint density at radius 1 is 0.704 bits per heavy atom. The highest BCUT2D eigenvalue weighted by molar-refractivity contribution is 8.33. The molecule has 3 atom stereocenters. The van der Waals surface area contributed by atoms with Crippen molar-refractivity contribution in [3.05, 3.63) is 107 Å². The van der Waals surface area contributed by atoms with E-state index in [9.17, 15) is 0 Å². The summed E-state index contributed by atoms with van der Waals surface area (Å²) in [5, 5.41) is 1.36. The van der Waals surface area contributed by atoms with E-state index >= 15 is 0 Å². The van der Waals surface area contributed by atoms with E-state index in [-0.39, 0.29) is 0 Å². The first-order valence-electron chi connectivity index (χ1n) is 10.1. The lowest BCUT2D eigenvalue weighted by molar-refractivity contribution is 0.712. The third-order valence-corrected chi connectivity index (χ3v) is 10.7. The normalized spacial score (nSPS) is 24.4. The van der Waals surface area contributed by atoms with Gasteiger partial charge in [-0.15, -0.1) is 0 Å². The molecule has 2 aliphatic rings. The molecule has 2 aliphatic carbocycles. The molecule has 5 rings (SSSR count). The zero-order chi connectivity index (χ0) is 18.4. The van der Waals surface area contributed by atoms with Crippen molar-refractivity contribution in [3.8, 4) is 0 Å². The number of fused-ring (bicyclic) bond motifs is 2. The lowest BCUT2D eigenvalue weighted by Gasteiger charge is -2.47. The van der Waals surface area contributed by atoms with Crippen LogP contribution >= 0.6 is 10.0 Å². The van der Waals surface area contributed by atoms with Gasteiger partial charge in [0, 0.05) is 16.4 Å². The van der Waals surface area contributed by atoms with Crippen LogP contribution in [0.3, 0.4) is 0 Å². The molecule has 3 unspecified atom stereocenters. The minimum absolute atomic E-state index is 0.612. The van der Waals surface area contributed by atoms with Crippen LogP contribution in [0.1, 0.15) is 50.7 Å². The molecule has 1 heteroatoms. The van der Waals surface area contributed by atoms with Gasteiger partial charge in [0.25, 0.3) is 0 Å². The largest absolute Gasteiger partial charge is 0.232 e. The molecule has 0 N–H and O–H groups in total. The monoisotopic (exact) mass is 372 g/mol. The van der Waals surface area contributed by atoms with E-state index in [4.69, 9.17) is 0 Å². The van der Waals surface area contributed by atoms with Gasteiger partial charge in [-0.05, 0) is 59.6 Å². The van der Waals surface area contributed by atoms with Crippen molar-refractivity contribution in [1.29, 1.82) is 0 Å². The van der Waals surface area contributed by atoms with E-state index in [1.165, 1.54) is 24.8 Å². The van der Waals surface area contributed by atoms with E-state index < -0.39 is 10.0 Å². The highest BCUT2D eigenvalue weighted by Crippen LogP contribution is 2.73. The molecule has 0 fully saturated rings. The molecule has 0 heterocycles. The van der Waals surface area contributed by atoms with Gasteiger partial charge in [0.05, 0.1) is 0 Å². The van der Waals surface area contributed by atoms with Crippen LogP contribution in [0.2, 0.25) is 0 Å². The molecule has 0 aromatic heterocycles. The van der Waals surface area contributed by atoms with Crippen LogP contribution in [-0.2, 0) is 12.8 Å². The fourth-order valence-corrected chi connectivity index (χ4v) is 9.58. The average Bonchev–Trinajstić information content (AvgIpc) is 3.31. The summed E-state index contributed by atoms with van der Waals surface area (Å²) in [5.41, 5.74) is 7.93. The second-order valence-corrected chi connectivity index (χ2v) is 12.6. The van der Waals surface area contributed by atoms with Crippen LogP contribution in [0.5, 0.6) is 0 Å². The molecule has 138 valence electrons. The van der Waals surface area contributed by atoms with Crippen molar-refractivity contribution >= 4 is 10.0 Å². The van der Waals surface area contributed by atoms with Crippen LogP contribution in [0, 0.1) is 0 Å². The first kappa shape index (κ1) is 17.1. The Hall–Kier alpha value is -1.99. The van der Waals surface area contributed by atoms with E-state index in [2.05, 4.69) is 91.4 Å². The van der Waals surface area contributed by atoms with Gasteiger partial charge in [-0.3, -0.25) is 0 Å². The molecule has 3 aromatic rings. The van der Waals surface area contributed by atoms with E-state index in [0.29, 0.717) is 11.2 Å². The van der Waals surface area contributed by atoms with Gasteiger partial charge in [0.15, 0.2) is 0 Å². The predicted molar refractivity (Wildman–Crippen MR) is 119 cm³/mol. The van der Waals surface area contributed by atoms with Crippen LogP contribution in [0.4, 0.5) is 0 Å². The van der Waals surface area contributed by atoms with Crippen LogP contribution < -0.4 is 0 Å². The lowest BCUT2D eigenvalue weighted by atomic mass is 9.96. The standard InChI is InChI=1S/C26H28S/c1-27(2,25-17-16-20-12-6-8-14-22(20)25)26-23-15-9-7-13-21(23)18-24(26)19-10-4-3-5-11-19/h3-15,24-26H,16-18H2,1-2H3. The minimum Gasteiger partial charge on any atom is -0.232 e. The van der Waals surface area contributed by atoms with Gasteiger partial charge < -0.3 is 0 Å². The average molecular weight is 373 g/mol. The Bertz CT molecular complexity index is 957. The fourth-order valence-electron chi connectivity index (χ4n) is 5.63. The number of aryl methyl sites for hydroxylation is 1. The van der Waals surface area contributed by atoms with Crippen molar-refractivity contribution in [2.75, 3.05) is 12.5 Å². The van der Waals surface area contributed by atoms with Crippen molar-refractivity contribution < 1.29 is 0 Å². The quantitative estimate of drug-likeness (QED) is 0.473. The van der Waals surface area contributed by atoms with Crippen molar-refractivity contribution in [1.82, 2.24) is 0 Å². The summed E-state index contributed by atoms with van der Waals surface area (Å²) in [6.07, 6.45) is 8.99. The maximum Gasteiger partial charge on any atom is 0.0215 e. The van der Waals surface area contributed by atoms with Crippen LogP contribution in [0.25, 0.3) is 0 Å². The van der Waals surface area contributed by atoms with Gasteiger partial charge >= 0.3 is 0 Å². The fraction of sp³-hybridized carbons (Fsp3) is 0.308. The summed E-state index contributed by atoms with van der Waals surface area (Å²) in [7, 11) is -0.863. The summed E-state index contributed by atoms with van der Waals surface area (Å²) in [4.78, 5) is 0. The molecular weight excluding hydrogens is 344 g/mol. The molecule has 0 saturated heterocycles. The SMILES string of the molecule is CS(C)(C1CCc2ccccc21)C1c2ccccc2CC1c1ccccc1. The molecule has 0 bridgehead atoms. The third-order valence-electron chi connectivity index (χ3n) is 6.86. The van der Waals surface area contributed by atoms with E-state index in [1.54, 1.807) is 22.3 Å². The molecule has 0 amide bonds. The summed E-state index contributed by atoms with van der Waals surface area (Å²) in [6, 6.07) is 29.7. The maximum absolute atomic E-state index is 2.61. The maximum atomic E-state index is 2.61. The van der Waals surface area contributed by atoms with Gasteiger partial charge in [-0.1, -0.05) is 78.9 Å². The zero-order valence-corrected chi connectivity index (χ0v) is 17.1. The van der Waals surface area contributed by atoms with Crippen LogP contribution in [-0.4, -0.2) is 12.5 Å². The smallest absolute Gasteiger partial charge is 0.0215 e. The second kappa shape index (κ2) is 6.56. The highest BCUT2D eigenvalue weighted by atomic mass is 32.3. The molecule has 3 aromatic carbocycles. The molecule has 0 nitrogen and oxygen atoms in total. The summed E-state index contributed by atoms with van der Waals surface area (Å²) >= 11 is 0. The number of hydrogen-bond acceptors (Lipinski definition) is 0. The zero-order valence-electron chi connectivity index (χ0n) is 16.3. The van der Waals surface area contributed by atoms with Crippen LogP contribution in [0.15, 0.2) is 78.9 Å². The van der Waals surface area contributed by atoms with Gasteiger partial charge in [0.1, 0.15) is 0 Å². The van der Waals surface area contributed by atoms with Crippen molar-refractivity contribution in [2.45, 2.75) is 35.7 Å². The Labute approximate surface area is 165 Å². The molecule has 27 heavy (non-hydrogen) atoms. The van der Waals surface area contributed by atoms with E-state index in [0.717, 1.165) is 5.25 Å². The lowest BCUT2D eigenvalue weighted by Crippen LogP contribution is -2.18. The molecule has 0 spiro atoms. The van der Waals surface area contributed by atoms with E-state index in [1.807, 2.05) is 0 Å². The Morgan fingerprint density at radius 3 is 2.11 bits per heavy atom. The second-order valence-electron chi connectivity index (χ2n) is 8.55. The summed E-state index contributed by atoms with van der Waals surface area (Å²) in [6.45, 7) is 0.